The number of para-hydroxylation sites is 1. The van der Waals surface area contributed by atoms with Crippen LogP contribution in [0.3, 0.4) is 0 Å². The van der Waals surface area contributed by atoms with Gasteiger partial charge in [-0.15, -0.1) is 0 Å². The third kappa shape index (κ3) is 4.62. The summed E-state index contributed by atoms with van der Waals surface area (Å²) in [6.07, 6.45) is 2.97. The smallest absolute Gasteiger partial charge is 0.330 e. The number of esters is 1. The number of hydrazone groups is 1. The first-order valence-corrected chi connectivity index (χ1v) is 6.50. The Hall–Kier alpha value is -2.88. The van der Waals surface area contributed by atoms with Crippen molar-refractivity contribution in [1.82, 2.24) is 0 Å². The highest BCUT2D eigenvalue weighted by Crippen LogP contribution is 2.07. The van der Waals surface area contributed by atoms with Gasteiger partial charge < -0.3 is 4.74 Å². The second-order valence-electron chi connectivity index (χ2n) is 4.20. The number of anilines is 1. The highest BCUT2D eigenvalue weighted by atomic mass is 16.5. The zero-order valence-corrected chi connectivity index (χ0v) is 11.7. The summed E-state index contributed by atoms with van der Waals surface area (Å²) in [6.45, 7) is 0. The molecule has 0 aromatic heterocycles. The Labute approximate surface area is 123 Å². The first kappa shape index (κ1) is 14.5. The van der Waals surface area contributed by atoms with Crippen LogP contribution in [-0.2, 0) is 9.53 Å². The molecular formula is C17H16N2O2. The van der Waals surface area contributed by atoms with Crippen LogP contribution in [0.5, 0.6) is 0 Å². The molecule has 0 aliphatic carbocycles. The molecule has 0 atom stereocenters. The standard InChI is InChI=1S/C17H16N2O2/c1-21-17(20)13-12-16(14-8-4-2-5-9-14)19-18-15-10-6-3-7-11-15/h2-13,18H,1H3/b13-12+,19-16?. The Morgan fingerprint density at radius 1 is 1.00 bits per heavy atom. The minimum atomic E-state index is -0.418. The van der Waals surface area contributed by atoms with Crippen molar-refractivity contribution in [3.63, 3.8) is 0 Å². The lowest BCUT2D eigenvalue weighted by Gasteiger charge is -2.04. The molecule has 2 rings (SSSR count). The first-order valence-electron chi connectivity index (χ1n) is 6.50. The largest absolute Gasteiger partial charge is 0.466 e. The van der Waals surface area contributed by atoms with E-state index in [2.05, 4.69) is 15.3 Å². The van der Waals surface area contributed by atoms with Gasteiger partial charge in [-0.1, -0.05) is 48.5 Å². The number of allylic oxidation sites excluding steroid dienone is 1. The van der Waals surface area contributed by atoms with Gasteiger partial charge in [-0.3, -0.25) is 5.43 Å². The van der Waals surface area contributed by atoms with Crippen molar-refractivity contribution in [2.45, 2.75) is 0 Å². The predicted octanol–water partition coefficient (Wildman–Crippen LogP) is 3.23. The number of nitrogens with zero attached hydrogens (tertiary/aromatic N) is 1. The summed E-state index contributed by atoms with van der Waals surface area (Å²) in [6, 6.07) is 19.2. The van der Waals surface area contributed by atoms with Gasteiger partial charge in [0.2, 0.25) is 0 Å². The van der Waals surface area contributed by atoms with Crippen LogP contribution in [-0.4, -0.2) is 18.8 Å². The zero-order valence-electron chi connectivity index (χ0n) is 11.7. The van der Waals surface area contributed by atoms with Crippen LogP contribution >= 0.6 is 0 Å². The number of carbonyl (C=O) groups is 1. The van der Waals surface area contributed by atoms with Gasteiger partial charge in [0, 0.05) is 11.6 Å². The topological polar surface area (TPSA) is 50.7 Å². The van der Waals surface area contributed by atoms with Gasteiger partial charge in [0.05, 0.1) is 18.5 Å². The van der Waals surface area contributed by atoms with Crippen molar-refractivity contribution >= 4 is 17.4 Å². The average Bonchev–Trinajstić information content (AvgIpc) is 2.56. The molecule has 0 saturated heterocycles. The highest BCUT2D eigenvalue weighted by molar-refractivity contribution is 6.10. The number of nitrogens with one attached hydrogen (secondary N) is 1. The molecule has 2 aromatic rings. The van der Waals surface area contributed by atoms with E-state index in [1.807, 2.05) is 60.7 Å². The molecule has 0 aliphatic rings. The van der Waals surface area contributed by atoms with Crippen LogP contribution < -0.4 is 5.43 Å². The molecule has 0 unspecified atom stereocenters. The second kappa shape index (κ2) is 7.65. The molecule has 0 radical (unpaired) electrons. The minimum absolute atomic E-state index is 0.418. The summed E-state index contributed by atoms with van der Waals surface area (Å²) >= 11 is 0. The number of rotatable bonds is 5. The third-order valence-corrected chi connectivity index (χ3v) is 2.73. The van der Waals surface area contributed by atoms with Crippen LogP contribution in [0.4, 0.5) is 5.69 Å². The fraction of sp³-hybridized carbons (Fsp3) is 0.0588. The molecule has 0 fully saturated rings. The van der Waals surface area contributed by atoms with Crippen LogP contribution in [0.1, 0.15) is 5.56 Å². The van der Waals surface area contributed by atoms with Crippen LogP contribution in [0, 0.1) is 0 Å². The van der Waals surface area contributed by atoms with Gasteiger partial charge >= 0.3 is 5.97 Å². The number of ether oxygens (including phenoxy) is 1. The molecular weight excluding hydrogens is 264 g/mol. The molecule has 0 amide bonds. The van der Waals surface area contributed by atoms with Gasteiger partial charge in [-0.2, -0.15) is 5.10 Å². The Morgan fingerprint density at radius 3 is 2.24 bits per heavy atom. The highest BCUT2D eigenvalue weighted by Gasteiger charge is 2.01. The lowest BCUT2D eigenvalue weighted by molar-refractivity contribution is -0.134. The summed E-state index contributed by atoms with van der Waals surface area (Å²) in [7, 11) is 1.34. The number of hydrogen-bond donors (Lipinski definition) is 1. The number of carbonyl (C=O) groups excluding carboxylic acids is 1. The Kier molecular flexibility index (Phi) is 5.29. The van der Waals surface area contributed by atoms with Crippen molar-refractivity contribution in [2.75, 3.05) is 12.5 Å². The van der Waals surface area contributed by atoms with Gasteiger partial charge in [0.1, 0.15) is 0 Å². The van der Waals surface area contributed by atoms with E-state index in [4.69, 9.17) is 0 Å². The van der Waals surface area contributed by atoms with Gasteiger partial charge in [-0.05, 0) is 18.2 Å². The van der Waals surface area contributed by atoms with Crippen LogP contribution in [0.15, 0.2) is 77.9 Å². The van der Waals surface area contributed by atoms with Crippen molar-refractivity contribution in [3.05, 3.63) is 78.4 Å². The lowest BCUT2D eigenvalue weighted by Crippen LogP contribution is -2.03. The van der Waals surface area contributed by atoms with E-state index in [-0.39, 0.29) is 0 Å². The number of hydrogen-bond acceptors (Lipinski definition) is 4. The van der Waals surface area contributed by atoms with Crippen molar-refractivity contribution in [1.29, 1.82) is 0 Å². The quantitative estimate of drug-likeness (QED) is 0.396. The fourth-order valence-corrected chi connectivity index (χ4v) is 1.66. The monoisotopic (exact) mass is 280 g/mol. The fourth-order valence-electron chi connectivity index (χ4n) is 1.66. The summed E-state index contributed by atoms with van der Waals surface area (Å²) in [5.41, 5.74) is 5.39. The van der Waals surface area contributed by atoms with Gasteiger partial charge in [0.15, 0.2) is 0 Å². The molecule has 2 aromatic carbocycles. The summed E-state index contributed by atoms with van der Waals surface area (Å²) < 4.78 is 4.60. The van der Waals surface area contributed by atoms with Crippen LogP contribution in [0.25, 0.3) is 0 Å². The molecule has 106 valence electrons. The molecule has 0 spiro atoms. The van der Waals surface area contributed by atoms with E-state index in [1.165, 1.54) is 13.2 Å². The Bertz CT molecular complexity index is 634. The molecule has 0 heterocycles. The molecule has 0 aliphatic heterocycles. The van der Waals surface area contributed by atoms with Crippen LogP contribution in [0.2, 0.25) is 0 Å². The lowest BCUT2D eigenvalue weighted by atomic mass is 10.1. The summed E-state index contributed by atoms with van der Waals surface area (Å²) in [5, 5.41) is 4.34. The number of benzene rings is 2. The molecule has 1 N–H and O–H groups in total. The molecule has 4 nitrogen and oxygen atoms in total. The van der Waals surface area contributed by atoms with E-state index >= 15 is 0 Å². The SMILES string of the molecule is COC(=O)/C=C/C(=NNc1ccccc1)c1ccccc1. The van der Waals surface area contributed by atoms with E-state index in [9.17, 15) is 4.79 Å². The van der Waals surface area contributed by atoms with E-state index in [0.29, 0.717) is 5.71 Å². The zero-order chi connectivity index (χ0) is 14.9. The second-order valence-corrected chi connectivity index (χ2v) is 4.20. The van der Waals surface area contributed by atoms with E-state index in [0.717, 1.165) is 11.3 Å². The maximum absolute atomic E-state index is 11.2. The van der Waals surface area contributed by atoms with Gasteiger partial charge in [-0.25, -0.2) is 4.79 Å². The van der Waals surface area contributed by atoms with Gasteiger partial charge in [0.25, 0.3) is 0 Å². The maximum Gasteiger partial charge on any atom is 0.330 e. The Balaban J connectivity index is 2.23. The predicted molar refractivity (Wildman–Crippen MR) is 84.2 cm³/mol. The first-order chi connectivity index (χ1) is 10.3. The normalized spacial score (nSPS) is 11.4. The van der Waals surface area contributed by atoms with Crippen molar-refractivity contribution < 1.29 is 9.53 Å². The maximum atomic E-state index is 11.2. The van der Waals surface area contributed by atoms with E-state index in [1.54, 1.807) is 6.08 Å². The average molecular weight is 280 g/mol. The molecule has 0 saturated carbocycles. The van der Waals surface area contributed by atoms with E-state index < -0.39 is 5.97 Å². The molecule has 21 heavy (non-hydrogen) atoms. The minimum Gasteiger partial charge on any atom is -0.466 e. The summed E-state index contributed by atoms with van der Waals surface area (Å²) in [4.78, 5) is 11.2. The van der Waals surface area contributed by atoms with Crippen molar-refractivity contribution in [2.24, 2.45) is 5.10 Å². The number of methoxy groups -OCH3 is 1. The molecule has 0 bridgehead atoms. The van der Waals surface area contributed by atoms with Crippen molar-refractivity contribution in [3.8, 4) is 0 Å². The summed E-state index contributed by atoms with van der Waals surface area (Å²) in [5.74, 6) is -0.418. The third-order valence-electron chi connectivity index (χ3n) is 2.73. The Morgan fingerprint density at radius 2 is 1.62 bits per heavy atom. The molecule has 4 heteroatoms.